The van der Waals surface area contributed by atoms with Crippen molar-refractivity contribution in [2.75, 3.05) is 33.0 Å². The summed E-state index contributed by atoms with van der Waals surface area (Å²) in [6.45, 7) is 2.73. The smallest absolute Gasteiger partial charge is 0.262 e. The summed E-state index contributed by atoms with van der Waals surface area (Å²) in [5, 5.41) is 4.87. The highest BCUT2D eigenvalue weighted by Gasteiger charge is 2.37. The number of nitrogens with zero attached hydrogens (tertiary/aromatic N) is 2. The highest BCUT2D eigenvalue weighted by Crippen LogP contribution is 2.33. The minimum absolute atomic E-state index is 0.00189. The van der Waals surface area contributed by atoms with Gasteiger partial charge in [0.05, 0.1) is 4.88 Å². The normalized spacial score (nSPS) is 18.9. The molecule has 0 aliphatic carbocycles. The van der Waals surface area contributed by atoms with Gasteiger partial charge in [-0.3, -0.25) is 14.4 Å². The topological polar surface area (TPSA) is 88.2 Å². The van der Waals surface area contributed by atoms with Gasteiger partial charge in [-0.1, -0.05) is 6.07 Å². The van der Waals surface area contributed by atoms with E-state index in [2.05, 4.69) is 5.32 Å². The van der Waals surface area contributed by atoms with Crippen LogP contribution in [0.5, 0.6) is 11.5 Å². The number of nitrogens with one attached hydrogen (secondary N) is 1. The number of hydrogen-bond donors (Lipinski definition) is 1. The number of piperidine rings is 1. The van der Waals surface area contributed by atoms with Gasteiger partial charge in [-0.2, -0.15) is 0 Å². The maximum Gasteiger partial charge on any atom is 0.262 e. The highest BCUT2D eigenvalue weighted by atomic mass is 32.1. The largest absolute Gasteiger partial charge is 0.454 e. The van der Waals surface area contributed by atoms with Crippen molar-refractivity contribution in [3.05, 3.63) is 46.2 Å². The molecule has 0 saturated carbocycles. The lowest BCUT2D eigenvalue weighted by Gasteiger charge is -2.37. The predicted octanol–water partition coefficient (Wildman–Crippen LogP) is 2.75. The Balaban J connectivity index is 1.26. The van der Waals surface area contributed by atoms with Gasteiger partial charge >= 0.3 is 0 Å². The number of fused-ring (bicyclic) bond motifs is 1. The van der Waals surface area contributed by atoms with Crippen molar-refractivity contribution in [1.82, 2.24) is 15.1 Å². The summed E-state index contributed by atoms with van der Waals surface area (Å²) in [6.07, 6.45) is 3.32. The van der Waals surface area contributed by atoms with Crippen molar-refractivity contribution in [3.8, 4) is 11.5 Å². The lowest BCUT2D eigenvalue weighted by atomic mass is 9.88. The molecule has 1 aromatic carbocycles. The van der Waals surface area contributed by atoms with Crippen LogP contribution in [0, 0.1) is 5.92 Å². The van der Waals surface area contributed by atoms with E-state index in [1.165, 1.54) is 11.3 Å². The van der Waals surface area contributed by atoms with Crippen molar-refractivity contribution in [2.24, 2.45) is 5.92 Å². The Bertz CT molecular complexity index is 1030. The van der Waals surface area contributed by atoms with E-state index in [1.54, 1.807) is 24.3 Å². The fourth-order valence-electron chi connectivity index (χ4n) is 4.78. The third kappa shape index (κ3) is 4.55. The molecule has 1 aromatic heterocycles. The highest BCUT2D eigenvalue weighted by molar-refractivity contribution is 7.12. The number of hydrogen-bond acceptors (Lipinski definition) is 6. The molecular weight excluding hydrogens is 442 g/mol. The van der Waals surface area contributed by atoms with E-state index in [1.807, 2.05) is 21.2 Å². The molecule has 3 aliphatic heterocycles. The van der Waals surface area contributed by atoms with Crippen molar-refractivity contribution in [1.29, 1.82) is 0 Å². The second-order valence-corrected chi connectivity index (χ2v) is 9.61. The first-order valence-corrected chi connectivity index (χ1v) is 12.3. The molecule has 5 rings (SSSR count). The predicted molar refractivity (Wildman–Crippen MR) is 123 cm³/mol. The second-order valence-electron chi connectivity index (χ2n) is 8.66. The summed E-state index contributed by atoms with van der Waals surface area (Å²) in [6, 6.07) is 8.26. The van der Waals surface area contributed by atoms with E-state index in [4.69, 9.17) is 9.47 Å². The monoisotopic (exact) mass is 469 g/mol. The molecule has 3 amide bonds. The van der Waals surface area contributed by atoms with E-state index >= 15 is 0 Å². The molecule has 2 fully saturated rings. The Kier molecular flexibility index (Phi) is 6.22. The maximum absolute atomic E-state index is 13.3. The van der Waals surface area contributed by atoms with Gasteiger partial charge in [-0.05, 0) is 61.2 Å². The van der Waals surface area contributed by atoms with Gasteiger partial charge in [0.25, 0.3) is 11.8 Å². The molecule has 1 N–H and O–H groups in total. The number of carbonyl (C=O) groups excluding carboxylic acids is 3. The molecule has 0 spiro atoms. The fourth-order valence-corrected chi connectivity index (χ4v) is 5.41. The van der Waals surface area contributed by atoms with Gasteiger partial charge < -0.3 is 24.6 Å². The second kappa shape index (κ2) is 9.43. The number of likely N-dealkylation sites (tertiary alicyclic amines) is 2. The van der Waals surface area contributed by atoms with Gasteiger partial charge in [0.15, 0.2) is 11.5 Å². The van der Waals surface area contributed by atoms with Crippen LogP contribution in [0.15, 0.2) is 35.7 Å². The molecule has 33 heavy (non-hydrogen) atoms. The number of ether oxygens (including phenoxy) is 2. The number of thiophene rings is 1. The number of rotatable bonds is 5. The van der Waals surface area contributed by atoms with E-state index in [-0.39, 0.29) is 30.4 Å². The Hall–Kier alpha value is -3.07. The van der Waals surface area contributed by atoms with E-state index in [0.29, 0.717) is 47.9 Å². The third-order valence-electron chi connectivity index (χ3n) is 6.63. The van der Waals surface area contributed by atoms with Gasteiger partial charge in [0, 0.05) is 31.7 Å². The Morgan fingerprint density at radius 3 is 2.45 bits per heavy atom. The SMILES string of the molecule is O=C(NC(C(=O)N1CCCC1)C1CCN(C(=O)c2ccc3c(c2)OCO3)CC1)c1cccs1. The van der Waals surface area contributed by atoms with Crippen molar-refractivity contribution >= 4 is 29.1 Å². The average Bonchev–Trinajstić information content (AvgIpc) is 3.63. The Morgan fingerprint density at radius 1 is 0.970 bits per heavy atom. The summed E-state index contributed by atoms with van der Waals surface area (Å²) in [7, 11) is 0. The lowest BCUT2D eigenvalue weighted by molar-refractivity contribution is -0.134. The molecule has 0 radical (unpaired) electrons. The Morgan fingerprint density at radius 2 is 1.73 bits per heavy atom. The van der Waals surface area contributed by atoms with Crippen molar-refractivity contribution < 1.29 is 23.9 Å². The van der Waals surface area contributed by atoms with E-state index in [9.17, 15) is 14.4 Å². The first-order chi connectivity index (χ1) is 16.1. The molecule has 2 aromatic rings. The zero-order valence-electron chi connectivity index (χ0n) is 18.3. The molecule has 4 heterocycles. The van der Waals surface area contributed by atoms with Gasteiger partial charge in [-0.25, -0.2) is 0 Å². The summed E-state index contributed by atoms with van der Waals surface area (Å²) >= 11 is 1.36. The Labute approximate surface area is 196 Å². The first kappa shape index (κ1) is 21.8. The zero-order chi connectivity index (χ0) is 22.8. The maximum atomic E-state index is 13.3. The molecule has 3 aliphatic rings. The van der Waals surface area contributed by atoms with Crippen LogP contribution < -0.4 is 14.8 Å². The van der Waals surface area contributed by atoms with Crippen molar-refractivity contribution in [2.45, 2.75) is 31.7 Å². The molecule has 1 atom stereocenters. The molecule has 1 unspecified atom stereocenters. The lowest BCUT2D eigenvalue weighted by Crippen LogP contribution is -2.54. The van der Waals surface area contributed by atoms with Crippen LogP contribution in [0.2, 0.25) is 0 Å². The van der Waals surface area contributed by atoms with Crippen LogP contribution in [0.25, 0.3) is 0 Å². The standard InChI is InChI=1S/C24H27N3O5S/c28-22(20-4-3-13-33-20)25-21(24(30)26-9-1-2-10-26)16-7-11-27(12-8-16)23(29)17-5-6-18-19(14-17)32-15-31-18/h3-6,13-14,16,21H,1-2,7-12,15H2,(H,25,28). The molecule has 8 nitrogen and oxygen atoms in total. The van der Waals surface area contributed by atoms with Crippen LogP contribution in [0.4, 0.5) is 0 Å². The van der Waals surface area contributed by atoms with Crippen LogP contribution in [-0.4, -0.2) is 66.5 Å². The van der Waals surface area contributed by atoms with Gasteiger partial charge in [0.1, 0.15) is 6.04 Å². The molecule has 174 valence electrons. The van der Waals surface area contributed by atoms with Crippen molar-refractivity contribution in [3.63, 3.8) is 0 Å². The van der Waals surface area contributed by atoms with E-state index in [0.717, 1.165) is 25.9 Å². The van der Waals surface area contributed by atoms with Crippen LogP contribution in [0.1, 0.15) is 45.7 Å². The number of benzene rings is 1. The minimum Gasteiger partial charge on any atom is -0.454 e. The number of carbonyl (C=O) groups is 3. The fraction of sp³-hybridized carbons (Fsp3) is 0.458. The summed E-state index contributed by atoms with van der Waals surface area (Å²) < 4.78 is 10.7. The van der Waals surface area contributed by atoms with Crippen LogP contribution in [-0.2, 0) is 4.79 Å². The third-order valence-corrected chi connectivity index (χ3v) is 7.50. The molecule has 2 saturated heterocycles. The van der Waals surface area contributed by atoms with Gasteiger partial charge in [-0.15, -0.1) is 11.3 Å². The number of amides is 3. The first-order valence-electron chi connectivity index (χ1n) is 11.4. The molecule has 9 heteroatoms. The van der Waals surface area contributed by atoms with Crippen LogP contribution >= 0.6 is 11.3 Å². The molecular formula is C24H27N3O5S. The zero-order valence-corrected chi connectivity index (χ0v) is 19.1. The summed E-state index contributed by atoms with van der Waals surface area (Å²) in [4.78, 5) is 43.4. The summed E-state index contributed by atoms with van der Waals surface area (Å²) in [5.41, 5.74) is 0.563. The average molecular weight is 470 g/mol. The summed E-state index contributed by atoms with van der Waals surface area (Å²) in [5.74, 6) is 0.956. The van der Waals surface area contributed by atoms with E-state index < -0.39 is 6.04 Å². The minimum atomic E-state index is -0.569. The van der Waals surface area contributed by atoms with Gasteiger partial charge in [0.2, 0.25) is 12.7 Å². The van der Waals surface area contributed by atoms with Crippen LogP contribution in [0.3, 0.4) is 0 Å². The quantitative estimate of drug-likeness (QED) is 0.728. The molecule has 0 bridgehead atoms.